The Morgan fingerprint density at radius 1 is 1.33 bits per heavy atom. The lowest BCUT2D eigenvalue weighted by Crippen LogP contribution is -2.37. The number of benzene rings is 1. The van der Waals surface area contributed by atoms with Crippen LogP contribution in [-0.2, 0) is 11.3 Å². The monoisotopic (exact) mass is 292 g/mol. The van der Waals surface area contributed by atoms with Crippen molar-refractivity contribution in [3.63, 3.8) is 0 Å². The van der Waals surface area contributed by atoms with E-state index in [1.165, 1.54) is 5.56 Å². The molecule has 0 fully saturated rings. The number of carbonyl (C=O) groups is 1. The van der Waals surface area contributed by atoms with E-state index in [0.29, 0.717) is 6.54 Å². The summed E-state index contributed by atoms with van der Waals surface area (Å²) in [5, 5.41) is 6.19. The number of amides is 1. The van der Waals surface area contributed by atoms with Crippen LogP contribution in [0.2, 0.25) is 0 Å². The Morgan fingerprint density at radius 3 is 2.76 bits per heavy atom. The number of hydrogen-bond donors (Lipinski definition) is 2. The van der Waals surface area contributed by atoms with Gasteiger partial charge in [0.15, 0.2) is 6.10 Å². The molecule has 2 N–H and O–H groups in total. The predicted molar refractivity (Wildman–Crippen MR) is 86.6 cm³/mol. The molecule has 1 amide bonds. The number of hydrogen-bond acceptors (Lipinski definition) is 3. The van der Waals surface area contributed by atoms with Gasteiger partial charge < -0.3 is 15.4 Å². The highest BCUT2D eigenvalue weighted by molar-refractivity contribution is 5.80. The van der Waals surface area contributed by atoms with E-state index >= 15 is 0 Å². The highest BCUT2D eigenvalue weighted by Crippen LogP contribution is 2.21. The van der Waals surface area contributed by atoms with E-state index in [1.54, 1.807) is 6.92 Å². The lowest BCUT2D eigenvalue weighted by atomic mass is 10.1. The van der Waals surface area contributed by atoms with Gasteiger partial charge in [0.05, 0.1) is 0 Å². The van der Waals surface area contributed by atoms with Gasteiger partial charge in [0.2, 0.25) is 0 Å². The molecule has 1 atom stereocenters. The molecular weight excluding hydrogens is 264 g/mol. The van der Waals surface area contributed by atoms with Gasteiger partial charge in [-0.2, -0.15) is 0 Å². The number of carbonyl (C=O) groups excluding carboxylic acids is 1. The molecule has 0 aliphatic rings. The lowest BCUT2D eigenvalue weighted by Gasteiger charge is -2.18. The lowest BCUT2D eigenvalue weighted by molar-refractivity contribution is -0.127. The average Bonchev–Trinajstić information content (AvgIpc) is 2.47. The van der Waals surface area contributed by atoms with Crippen LogP contribution in [0.5, 0.6) is 5.75 Å². The minimum absolute atomic E-state index is 0.0570. The molecular formula is C17H28N2O2. The van der Waals surface area contributed by atoms with Crippen LogP contribution in [0, 0.1) is 6.92 Å². The highest BCUT2D eigenvalue weighted by Gasteiger charge is 2.15. The summed E-state index contributed by atoms with van der Waals surface area (Å²) in [5.74, 6) is 0.720. The molecule has 0 aromatic heterocycles. The van der Waals surface area contributed by atoms with Crippen LogP contribution >= 0.6 is 0 Å². The first-order valence-corrected chi connectivity index (χ1v) is 7.83. The molecule has 118 valence electrons. The Kier molecular flexibility index (Phi) is 7.83. The molecule has 0 radical (unpaired) electrons. The van der Waals surface area contributed by atoms with Crippen molar-refractivity contribution >= 4 is 5.91 Å². The van der Waals surface area contributed by atoms with Gasteiger partial charge in [-0.25, -0.2) is 0 Å². The smallest absolute Gasteiger partial charge is 0.260 e. The zero-order valence-electron chi connectivity index (χ0n) is 13.7. The van der Waals surface area contributed by atoms with Crippen molar-refractivity contribution in [1.29, 1.82) is 0 Å². The van der Waals surface area contributed by atoms with Crippen LogP contribution in [0.4, 0.5) is 0 Å². The molecule has 0 spiro atoms. The topological polar surface area (TPSA) is 50.4 Å². The van der Waals surface area contributed by atoms with E-state index in [4.69, 9.17) is 4.74 Å². The van der Waals surface area contributed by atoms with Crippen molar-refractivity contribution in [2.24, 2.45) is 0 Å². The molecule has 0 saturated carbocycles. The number of rotatable bonds is 9. The van der Waals surface area contributed by atoms with E-state index in [2.05, 4.69) is 37.5 Å². The van der Waals surface area contributed by atoms with Crippen molar-refractivity contribution in [1.82, 2.24) is 10.6 Å². The zero-order valence-corrected chi connectivity index (χ0v) is 13.7. The standard InChI is InChI=1S/C17H28N2O2/c1-5-7-10-19-17(20)14(4)21-16-9-8-13(3)11-15(16)12-18-6-2/h8-9,11,14,18H,5-7,10,12H2,1-4H3,(H,19,20). The van der Waals surface area contributed by atoms with Gasteiger partial charge >= 0.3 is 0 Å². The largest absolute Gasteiger partial charge is 0.481 e. The fourth-order valence-corrected chi connectivity index (χ4v) is 2.00. The maximum absolute atomic E-state index is 12.0. The molecule has 0 aliphatic heterocycles. The number of aryl methyl sites for hydroxylation is 1. The first-order valence-electron chi connectivity index (χ1n) is 7.83. The van der Waals surface area contributed by atoms with Crippen molar-refractivity contribution in [2.45, 2.75) is 53.2 Å². The van der Waals surface area contributed by atoms with Crippen LogP contribution in [-0.4, -0.2) is 25.1 Å². The van der Waals surface area contributed by atoms with E-state index < -0.39 is 6.10 Å². The number of nitrogens with one attached hydrogen (secondary N) is 2. The molecule has 1 aromatic rings. The predicted octanol–water partition coefficient (Wildman–Crippen LogP) is 2.79. The van der Waals surface area contributed by atoms with Gasteiger partial charge in [-0.15, -0.1) is 0 Å². The Morgan fingerprint density at radius 2 is 2.10 bits per heavy atom. The molecule has 0 heterocycles. The molecule has 1 unspecified atom stereocenters. The molecule has 0 aliphatic carbocycles. The maximum Gasteiger partial charge on any atom is 0.260 e. The normalized spacial score (nSPS) is 12.0. The summed E-state index contributed by atoms with van der Waals surface area (Å²) in [6.07, 6.45) is 1.58. The summed E-state index contributed by atoms with van der Waals surface area (Å²) in [4.78, 5) is 12.0. The van der Waals surface area contributed by atoms with Crippen molar-refractivity contribution in [3.8, 4) is 5.75 Å². The molecule has 4 nitrogen and oxygen atoms in total. The van der Waals surface area contributed by atoms with Gasteiger partial charge in [0.25, 0.3) is 5.91 Å². The third kappa shape index (κ3) is 6.17. The first kappa shape index (κ1) is 17.5. The molecule has 0 saturated heterocycles. The van der Waals surface area contributed by atoms with Crippen molar-refractivity contribution in [2.75, 3.05) is 13.1 Å². The first-order chi connectivity index (χ1) is 10.1. The second-order valence-corrected chi connectivity index (χ2v) is 5.30. The Labute approximate surface area is 128 Å². The molecule has 1 aromatic carbocycles. The Hall–Kier alpha value is -1.55. The summed E-state index contributed by atoms with van der Waals surface area (Å²) >= 11 is 0. The second-order valence-electron chi connectivity index (χ2n) is 5.30. The minimum atomic E-state index is -0.482. The zero-order chi connectivity index (χ0) is 15.7. The third-order valence-electron chi connectivity index (χ3n) is 3.28. The highest BCUT2D eigenvalue weighted by atomic mass is 16.5. The Balaban J connectivity index is 2.65. The summed E-state index contributed by atoms with van der Waals surface area (Å²) in [5.41, 5.74) is 2.28. The quantitative estimate of drug-likeness (QED) is 0.688. The van der Waals surface area contributed by atoms with E-state index in [1.807, 2.05) is 12.1 Å². The number of unbranched alkanes of at least 4 members (excludes halogenated alkanes) is 1. The average molecular weight is 292 g/mol. The van der Waals surface area contributed by atoms with Crippen LogP contribution in [0.15, 0.2) is 18.2 Å². The summed E-state index contributed by atoms with van der Waals surface area (Å²) < 4.78 is 5.84. The van der Waals surface area contributed by atoms with Crippen LogP contribution in [0.3, 0.4) is 0 Å². The number of ether oxygens (including phenoxy) is 1. The summed E-state index contributed by atoms with van der Waals surface area (Å²) in [7, 11) is 0. The van der Waals surface area contributed by atoms with Gasteiger partial charge in [0, 0.05) is 18.7 Å². The molecule has 21 heavy (non-hydrogen) atoms. The Bertz CT molecular complexity index is 446. The van der Waals surface area contributed by atoms with E-state index in [9.17, 15) is 4.79 Å². The fourth-order valence-electron chi connectivity index (χ4n) is 2.00. The van der Waals surface area contributed by atoms with Crippen LogP contribution in [0.1, 0.15) is 44.7 Å². The molecule has 1 rings (SSSR count). The summed E-state index contributed by atoms with van der Waals surface area (Å²) in [6, 6.07) is 6.05. The van der Waals surface area contributed by atoms with Crippen molar-refractivity contribution < 1.29 is 9.53 Å². The fraction of sp³-hybridized carbons (Fsp3) is 0.588. The molecule has 0 bridgehead atoms. The summed E-state index contributed by atoms with van der Waals surface area (Å²) in [6.45, 7) is 10.4. The van der Waals surface area contributed by atoms with E-state index in [0.717, 1.165) is 37.2 Å². The van der Waals surface area contributed by atoms with E-state index in [-0.39, 0.29) is 5.91 Å². The minimum Gasteiger partial charge on any atom is -0.481 e. The SMILES string of the molecule is CCCCNC(=O)C(C)Oc1ccc(C)cc1CNCC. The second kappa shape index (κ2) is 9.40. The van der Waals surface area contributed by atoms with Gasteiger partial charge in [0.1, 0.15) is 5.75 Å². The van der Waals surface area contributed by atoms with Gasteiger partial charge in [-0.1, -0.05) is 38.0 Å². The van der Waals surface area contributed by atoms with Crippen LogP contribution in [0.25, 0.3) is 0 Å². The third-order valence-corrected chi connectivity index (χ3v) is 3.28. The van der Waals surface area contributed by atoms with Gasteiger partial charge in [-0.3, -0.25) is 4.79 Å². The molecule has 4 heteroatoms. The van der Waals surface area contributed by atoms with Crippen LogP contribution < -0.4 is 15.4 Å². The van der Waals surface area contributed by atoms with Crippen molar-refractivity contribution in [3.05, 3.63) is 29.3 Å². The van der Waals surface area contributed by atoms with Gasteiger partial charge in [-0.05, 0) is 32.9 Å². The maximum atomic E-state index is 12.0.